The number of carbonyl (C=O) groups excluding carboxylic acids is 2. The van der Waals surface area contributed by atoms with Gasteiger partial charge >= 0.3 is 0 Å². The van der Waals surface area contributed by atoms with Gasteiger partial charge < -0.3 is 14.9 Å². The molecule has 1 heterocycles. The predicted molar refractivity (Wildman–Crippen MR) is 72.6 cm³/mol. The number of likely N-dealkylation sites (N-methyl/N-ethyl adjacent to an activating group) is 1. The number of ketones is 1. The van der Waals surface area contributed by atoms with Crippen LogP contribution in [0.5, 0.6) is 5.75 Å². The number of hydrogen-bond donors (Lipinski definition) is 1. The second-order valence-corrected chi connectivity index (χ2v) is 4.85. The van der Waals surface area contributed by atoms with Gasteiger partial charge in [-0.25, -0.2) is 0 Å². The summed E-state index contributed by atoms with van der Waals surface area (Å²) in [7, 11) is 1.79. The van der Waals surface area contributed by atoms with Crippen molar-refractivity contribution in [3.63, 3.8) is 0 Å². The standard InChI is InChI=1S/C14H18N2O3/c1-10(17)12-5-4-11(8-13(12)18)16-7-3-6-15(2)14(19)9-16/h4-5,8,18H,3,6-7,9H2,1-2H3. The highest BCUT2D eigenvalue weighted by atomic mass is 16.3. The number of hydrogen-bond acceptors (Lipinski definition) is 4. The Morgan fingerprint density at radius 3 is 2.68 bits per heavy atom. The number of rotatable bonds is 2. The second kappa shape index (κ2) is 5.30. The quantitative estimate of drug-likeness (QED) is 0.815. The second-order valence-electron chi connectivity index (χ2n) is 4.85. The molecule has 0 aliphatic carbocycles. The first-order chi connectivity index (χ1) is 8.99. The van der Waals surface area contributed by atoms with Crippen molar-refractivity contribution in [1.82, 2.24) is 4.90 Å². The lowest BCUT2D eigenvalue weighted by molar-refractivity contribution is -0.127. The summed E-state index contributed by atoms with van der Waals surface area (Å²) in [6.07, 6.45) is 0.886. The summed E-state index contributed by atoms with van der Waals surface area (Å²) in [5.74, 6) is -0.140. The van der Waals surface area contributed by atoms with Crippen LogP contribution in [0, 0.1) is 0 Å². The van der Waals surface area contributed by atoms with E-state index in [9.17, 15) is 14.7 Å². The average Bonchev–Trinajstić information content (AvgIpc) is 2.51. The maximum Gasteiger partial charge on any atom is 0.241 e. The molecule has 0 radical (unpaired) electrons. The summed E-state index contributed by atoms with van der Waals surface area (Å²) in [5, 5.41) is 9.84. The molecule has 0 atom stereocenters. The molecule has 0 aromatic heterocycles. The lowest BCUT2D eigenvalue weighted by Gasteiger charge is -2.22. The maximum absolute atomic E-state index is 11.8. The third kappa shape index (κ3) is 2.86. The van der Waals surface area contributed by atoms with E-state index in [1.165, 1.54) is 6.92 Å². The number of amides is 1. The summed E-state index contributed by atoms with van der Waals surface area (Å²) in [6.45, 7) is 3.22. The number of phenols is 1. The van der Waals surface area contributed by atoms with E-state index < -0.39 is 0 Å². The molecule has 0 unspecified atom stereocenters. The number of phenolic OH excluding ortho intramolecular Hbond substituents is 1. The molecule has 0 spiro atoms. The van der Waals surface area contributed by atoms with Gasteiger partial charge in [0.25, 0.3) is 0 Å². The van der Waals surface area contributed by atoms with E-state index in [-0.39, 0.29) is 17.4 Å². The number of carbonyl (C=O) groups is 2. The monoisotopic (exact) mass is 262 g/mol. The van der Waals surface area contributed by atoms with E-state index in [4.69, 9.17) is 0 Å². The van der Waals surface area contributed by atoms with Crippen molar-refractivity contribution in [3.8, 4) is 5.75 Å². The zero-order chi connectivity index (χ0) is 14.0. The largest absolute Gasteiger partial charge is 0.507 e. The van der Waals surface area contributed by atoms with E-state index >= 15 is 0 Å². The van der Waals surface area contributed by atoms with Gasteiger partial charge in [0.15, 0.2) is 5.78 Å². The molecule has 1 aliphatic rings. The van der Waals surface area contributed by atoms with E-state index in [1.54, 1.807) is 30.1 Å². The Bertz CT molecular complexity index is 513. The molecule has 19 heavy (non-hydrogen) atoms. The van der Waals surface area contributed by atoms with Crippen LogP contribution >= 0.6 is 0 Å². The van der Waals surface area contributed by atoms with Crippen LogP contribution in [-0.2, 0) is 4.79 Å². The van der Waals surface area contributed by atoms with Crippen LogP contribution in [0.25, 0.3) is 0 Å². The van der Waals surface area contributed by atoms with Gasteiger partial charge in [-0.05, 0) is 25.5 Å². The molecule has 1 N–H and O–H groups in total. The van der Waals surface area contributed by atoms with Gasteiger partial charge in [-0.1, -0.05) is 0 Å². The minimum atomic E-state index is -0.171. The van der Waals surface area contributed by atoms with Crippen molar-refractivity contribution in [2.45, 2.75) is 13.3 Å². The Morgan fingerprint density at radius 2 is 2.05 bits per heavy atom. The van der Waals surface area contributed by atoms with Crippen LogP contribution in [0.3, 0.4) is 0 Å². The topological polar surface area (TPSA) is 60.9 Å². The first-order valence-corrected chi connectivity index (χ1v) is 6.32. The zero-order valence-corrected chi connectivity index (χ0v) is 11.2. The SMILES string of the molecule is CC(=O)c1ccc(N2CCCN(C)C(=O)C2)cc1O. The first-order valence-electron chi connectivity index (χ1n) is 6.32. The normalized spacial score (nSPS) is 16.4. The van der Waals surface area contributed by atoms with Gasteiger partial charge in [0.2, 0.25) is 5.91 Å². The Hall–Kier alpha value is -2.04. The average molecular weight is 262 g/mol. The Morgan fingerprint density at radius 1 is 1.32 bits per heavy atom. The number of aromatic hydroxyl groups is 1. The van der Waals surface area contributed by atoms with Gasteiger partial charge in [-0.3, -0.25) is 9.59 Å². The third-order valence-corrected chi connectivity index (χ3v) is 3.40. The smallest absolute Gasteiger partial charge is 0.241 e. The molecule has 1 amide bonds. The van der Waals surface area contributed by atoms with Crippen LogP contribution in [0.2, 0.25) is 0 Å². The summed E-state index contributed by atoms with van der Waals surface area (Å²) >= 11 is 0. The van der Waals surface area contributed by atoms with Crippen molar-refractivity contribution in [2.75, 3.05) is 31.6 Å². The molecule has 2 rings (SSSR count). The van der Waals surface area contributed by atoms with Gasteiger partial charge in [-0.15, -0.1) is 0 Å². The van der Waals surface area contributed by atoms with E-state index in [2.05, 4.69) is 0 Å². The molecule has 1 aliphatic heterocycles. The molecular weight excluding hydrogens is 244 g/mol. The summed E-state index contributed by atoms with van der Waals surface area (Å²) in [5.41, 5.74) is 1.08. The van der Waals surface area contributed by atoms with Crippen molar-refractivity contribution in [2.24, 2.45) is 0 Å². The lowest BCUT2D eigenvalue weighted by atomic mass is 10.1. The molecule has 5 nitrogen and oxygen atoms in total. The molecule has 0 bridgehead atoms. The van der Waals surface area contributed by atoms with Gasteiger partial charge in [0.05, 0.1) is 12.1 Å². The summed E-state index contributed by atoms with van der Waals surface area (Å²) in [4.78, 5) is 26.7. The fourth-order valence-corrected chi connectivity index (χ4v) is 2.22. The van der Waals surface area contributed by atoms with Crippen LogP contribution in [0.4, 0.5) is 5.69 Å². The molecule has 1 saturated heterocycles. The minimum Gasteiger partial charge on any atom is -0.507 e. The first kappa shape index (κ1) is 13.4. The number of Topliss-reactive ketones (excluding diaryl/α,β-unsaturated/α-hetero) is 1. The highest BCUT2D eigenvalue weighted by Gasteiger charge is 2.20. The van der Waals surface area contributed by atoms with Crippen molar-refractivity contribution in [3.05, 3.63) is 23.8 Å². The Balaban J connectivity index is 2.24. The Labute approximate surface area is 112 Å². The molecule has 1 fully saturated rings. The molecule has 5 heteroatoms. The van der Waals surface area contributed by atoms with E-state index in [0.29, 0.717) is 12.1 Å². The molecule has 1 aromatic rings. The number of benzene rings is 1. The molecule has 0 saturated carbocycles. The van der Waals surface area contributed by atoms with Crippen LogP contribution in [0.1, 0.15) is 23.7 Å². The highest BCUT2D eigenvalue weighted by Crippen LogP contribution is 2.25. The van der Waals surface area contributed by atoms with Crippen molar-refractivity contribution in [1.29, 1.82) is 0 Å². The molecular formula is C14H18N2O3. The van der Waals surface area contributed by atoms with Gasteiger partial charge in [-0.2, -0.15) is 0 Å². The third-order valence-electron chi connectivity index (χ3n) is 3.40. The Kier molecular flexibility index (Phi) is 3.74. The van der Waals surface area contributed by atoms with Crippen molar-refractivity contribution >= 4 is 17.4 Å². The fourth-order valence-electron chi connectivity index (χ4n) is 2.22. The van der Waals surface area contributed by atoms with Gasteiger partial charge in [0, 0.05) is 31.9 Å². The van der Waals surface area contributed by atoms with E-state index in [0.717, 1.165) is 25.2 Å². The summed E-state index contributed by atoms with van der Waals surface area (Å²) in [6, 6.07) is 4.93. The predicted octanol–water partition coefficient (Wildman–Crippen LogP) is 1.26. The molecule has 102 valence electrons. The fraction of sp³-hybridized carbons (Fsp3) is 0.429. The maximum atomic E-state index is 11.8. The summed E-state index contributed by atoms with van der Waals surface area (Å²) < 4.78 is 0. The van der Waals surface area contributed by atoms with E-state index in [1.807, 2.05) is 4.90 Å². The van der Waals surface area contributed by atoms with Crippen molar-refractivity contribution < 1.29 is 14.7 Å². The molecule has 1 aromatic carbocycles. The highest BCUT2D eigenvalue weighted by molar-refractivity contribution is 5.97. The zero-order valence-electron chi connectivity index (χ0n) is 11.2. The number of nitrogens with zero attached hydrogens (tertiary/aromatic N) is 2. The minimum absolute atomic E-state index is 0.0324. The van der Waals surface area contributed by atoms with Gasteiger partial charge in [0.1, 0.15) is 5.75 Å². The van der Waals surface area contributed by atoms with Crippen LogP contribution < -0.4 is 4.90 Å². The van der Waals surface area contributed by atoms with Crippen LogP contribution in [-0.4, -0.2) is 48.4 Å². The van der Waals surface area contributed by atoms with Crippen LogP contribution in [0.15, 0.2) is 18.2 Å². The lowest BCUT2D eigenvalue weighted by Crippen LogP contribution is -2.34. The number of anilines is 1.